The van der Waals surface area contributed by atoms with Gasteiger partial charge >= 0.3 is 0 Å². The van der Waals surface area contributed by atoms with Crippen LogP contribution < -0.4 is 5.73 Å². The van der Waals surface area contributed by atoms with Gasteiger partial charge in [-0.1, -0.05) is 30.4 Å². The third-order valence-electron chi connectivity index (χ3n) is 3.28. The molecule has 0 atom stereocenters. The molecular weight excluding hydrogens is 200 g/mol. The van der Waals surface area contributed by atoms with Crippen LogP contribution in [0.1, 0.15) is 43.6 Å². The fourth-order valence-corrected chi connectivity index (χ4v) is 2.39. The second-order valence-electron chi connectivity index (χ2n) is 4.34. The van der Waals surface area contributed by atoms with Crippen LogP contribution in [-0.2, 0) is 0 Å². The molecule has 4 nitrogen and oxygen atoms in total. The number of rotatable bonds is 2. The number of nitrogens with two attached hydrogens (primary N) is 1. The third kappa shape index (κ3) is 2.28. The van der Waals surface area contributed by atoms with Crippen LogP contribution in [0, 0.1) is 0 Å². The van der Waals surface area contributed by atoms with Gasteiger partial charge in [0.1, 0.15) is 0 Å². The van der Waals surface area contributed by atoms with Crippen LogP contribution in [0.5, 0.6) is 0 Å². The standard InChI is InChI=1S/C12H16N4/c13-11-7-6-10(8-12(11)15-16-14)9-4-2-1-3-5-9/h6-9H,1-5,13H2. The van der Waals surface area contributed by atoms with Crippen molar-refractivity contribution in [3.8, 4) is 0 Å². The van der Waals surface area contributed by atoms with Crippen molar-refractivity contribution in [1.29, 1.82) is 0 Å². The molecule has 4 heteroatoms. The molecule has 0 unspecified atom stereocenters. The fourth-order valence-electron chi connectivity index (χ4n) is 2.39. The van der Waals surface area contributed by atoms with Gasteiger partial charge in [-0.25, -0.2) is 0 Å². The Hall–Kier alpha value is -1.67. The van der Waals surface area contributed by atoms with Gasteiger partial charge in [0.2, 0.25) is 0 Å². The summed E-state index contributed by atoms with van der Waals surface area (Å²) in [7, 11) is 0. The van der Waals surface area contributed by atoms with E-state index in [-0.39, 0.29) is 0 Å². The fraction of sp³-hybridized carbons (Fsp3) is 0.500. The Labute approximate surface area is 95.1 Å². The van der Waals surface area contributed by atoms with Gasteiger partial charge in [0.15, 0.2) is 0 Å². The molecule has 0 spiro atoms. The van der Waals surface area contributed by atoms with Gasteiger partial charge in [-0.15, -0.1) is 0 Å². The van der Waals surface area contributed by atoms with E-state index in [0.717, 1.165) is 0 Å². The normalized spacial score (nSPS) is 16.8. The highest BCUT2D eigenvalue weighted by Crippen LogP contribution is 2.35. The Kier molecular flexibility index (Phi) is 3.32. The molecule has 0 amide bonds. The number of hydrogen-bond donors (Lipinski definition) is 1. The molecule has 1 aromatic carbocycles. The van der Waals surface area contributed by atoms with Crippen molar-refractivity contribution in [2.75, 3.05) is 5.73 Å². The van der Waals surface area contributed by atoms with Crippen LogP contribution >= 0.6 is 0 Å². The molecule has 0 saturated heterocycles. The first-order valence-corrected chi connectivity index (χ1v) is 5.76. The lowest BCUT2D eigenvalue weighted by atomic mass is 9.84. The summed E-state index contributed by atoms with van der Waals surface area (Å²) in [6.07, 6.45) is 6.41. The highest BCUT2D eigenvalue weighted by atomic mass is 15.1. The lowest BCUT2D eigenvalue weighted by molar-refractivity contribution is 0.444. The molecule has 1 aliphatic rings. The monoisotopic (exact) mass is 216 g/mol. The molecule has 16 heavy (non-hydrogen) atoms. The molecule has 1 fully saturated rings. The zero-order chi connectivity index (χ0) is 11.4. The minimum absolute atomic E-state index is 0.553. The van der Waals surface area contributed by atoms with Crippen molar-refractivity contribution in [1.82, 2.24) is 0 Å². The Balaban J connectivity index is 2.27. The van der Waals surface area contributed by atoms with Crippen molar-refractivity contribution in [3.63, 3.8) is 0 Å². The van der Waals surface area contributed by atoms with E-state index in [1.165, 1.54) is 37.7 Å². The van der Waals surface area contributed by atoms with Crippen molar-refractivity contribution >= 4 is 11.4 Å². The Morgan fingerprint density at radius 2 is 2.00 bits per heavy atom. The first-order valence-electron chi connectivity index (χ1n) is 5.76. The van der Waals surface area contributed by atoms with Gasteiger partial charge in [-0.2, -0.15) is 0 Å². The summed E-state index contributed by atoms with van der Waals surface area (Å²) in [4.78, 5) is 2.80. The highest BCUT2D eigenvalue weighted by molar-refractivity contribution is 5.63. The topological polar surface area (TPSA) is 74.8 Å². The summed E-state index contributed by atoms with van der Waals surface area (Å²) in [5, 5.41) is 3.62. The summed E-state index contributed by atoms with van der Waals surface area (Å²) in [6, 6.07) is 5.83. The van der Waals surface area contributed by atoms with Gasteiger partial charge in [-0.3, -0.25) is 0 Å². The number of nitrogen functional groups attached to an aromatic ring is 1. The maximum Gasteiger partial charge on any atom is 0.0607 e. The largest absolute Gasteiger partial charge is 0.398 e. The average molecular weight is 216 g/mol. The predicted molar refractivity (Wildman–Crippen MR) is 65.5 cm³/mol. The van der Waals surface area contributed by atoms with Crippen LogP contribution in [-0.4, -0.2) is 0 Å². The number of anilines is 1. The smallest absolute Gasteiger partial charge is 0.0607 e. The predicted octanol–water partition coefficient (Wildman–Crippen LogP) is 4.26. The summed E-state index contributed by atoms with van der Waals surface area (Å²) >= 11 is 0. The number of nitrogens with zero attached hydrogens (tertiary/aromatic N) is 3. The maximum atomic E-state index is 8.45. The molecule has 0 bridgehead atoms. The average Bonchev–Trinajstić information content (AvgIpc) is 2.33. The first kappa shape index (κ1) is 10.8. The Morgan fingerprint density at radius 1 is 1.25 bits per heavy atom. The van der Waals surface area contributed by atoms with Crippen molar-refractivity contribution < 1.29 is 0 Å². The summed E-state index contributed by atoms with van der Waals surface area (Å²) in [5.41, 5.74) is 16.6. The van der Waals surface area contributed by atoms with E-state index in [0.29, 0.717) is 17.3 Å². The number of hydrogen-bond acceptors (Lipinski definition) is 2. The van der Waals surface area contributed by atoms with Gasteiger partial charge in [0.05, 0.1) is 5.69 Å². The summed E-state index contributed by atoms with van der Waals surface area (Å²) in [6.45, 7) is 0. The molecule has 0 aliphatic heterocycles. The van der Waals surface area contributed by atoms with Crippen LogP contribution in [0.4, 0.5) is 11.4 Å². The van der Waals surface area contributed by atoms with Gasteiger partial charge in [-0.05, 0) is 42.0 Å². The molecular formula is C12H16N4. The van der Waals surface area contributed by atoms with Crippen LogP contribution in [0.2, 0.25) is 0 Å². The zero-order valence-corrected chi connectivity index (χ0v) is 9.26. The van der Waals surface area contributed by atoms with Crippen molar-refractivity contribution in [2.45, 2.75) is 38.0 Å². The molecule has 2 rings (SSSR count). The lowest BCUT2D eigenvalue weighted by Gasteiger charge is -2.22. The number of azide groups is 1. The van der Waals surface area contributed by atoms with Crippen LogP contribution in [0.3, 0.4) is 0 Å². The van der Waals surface area contributed by atoms with E-state index in [1.807, 2.05) is 12.1 Å². The van der Waals surface area contributed by atoms with Crippen molar-refractivity contribution in [2.24, 2.45) is 5.11 Å². The second-order valence-corrected chi connectivity index (χ2v) is 4.34. The van der Waals surface area contributed by atoms with Gasteiger partial charge in [0, 0.05) is 10.6 Å². The molecule has 1 aromatic rings. The molecule has 0 heterocycles. The second kappa shape index (κ2) is 4.90. The molecule has 2 N–H and O–H groups in total. The number of benzene rings is 1. The summed E-state index contributed by atoms with van der Waals surface area (Å²) < 4.78 is 0. The Morgan fingerprint density at radius 3 is 2.69 bits per heavy atom. The molecule has 84 valence electrons. The van der Waals surface area contributed by atoms with Crippen molar-refractivity contribution in [3.05, 3.63) is 34.2 Å². The zero-order valence-electron chi connectivity index (χ0n) is 9.26. The third-order valence-corrected chi connectivity index (χ3v) is 3.28. The van der Waals surface area contributed by atoms with E-state index < -0.39 is 0 Å². The van der Waals surface area contributed by atoms with Crippen LogP contribution in [0.25, 0.3) is 10.4 Å². The van der Waals surface area contributed by atoms with E-state index in [1.54, 1.807) is 0 Å². The van der Waals surface area contributed by atoms with Crippen LogP contribution in [0.15, 0.2) is 23.3 Å². The quantitative estimate of drug-likeness (QED) is 0.341. The maximum absolute atomic E-state index is 8.45. The molecule has 1 saturated carbocycles. The minimum atomic E-state index is 0.553. The SMILES string of the molecule is [N-]=[N+]=Nc1cc(C2CCCCC2)ccc1N. The molecule has 1 aliphatic carbocycles. The molecule has 0 radical (unpaired) electrons. The highest BCUT2D eigenvalue weighted by Gasteiger charge is 2.15. The summed E-state index contributed by atoms with van der Waals surface area (Å²) in [5.74, 6) is 0.613. The van der Waals surface area contributed by atoms with E-state index in [9.17, 15) is 0 Å². The van der Waals surface area contributed by atoms with E-state index >= 15 is 0 Å². The first-order chi connectivity index (χ1) is 7.81. The van der Waals surface area contributed by atoms with Gasteiger partial charge < -0.3 is 5.73 Å². The lowest BCUT2D eigenvalue weighted by Crippen LogP contribution is -2.04. The Bertz CT molecular complexity index is 415. The van der Waals surface area contributed by atoms with E-state index in [4.69, 9.17) is 11.3 Å². The van der Waals surface area contributed by atoms with E-state index in [2.05, 4.69) is 16.1 Å². The minimum Gasteiger partial charge on any atom is -0.398 e. The molecule has 0 aromatic heterocycles. The van der Waals surface area contributed by atoms with Gasteiger partial charge in [0.25, 0.3) is 0 Å².